The van der Waals surface area contributed by atoms with Crippen molar-refractivity contribution >= 4 is 15.7 Å². The van der Waals surface area contributed by atoms with Crippen LogP contribution in [0.15, 0.2) is 24.3 Å². The summed E-state index contributed by atoms with van der Waals surface area (Å²) in [4.78, 5) is 16.7. The first-order valence-corrected chi connectivity index (χ1v) is 10.9. The fourth-order valence-electron chi connectivity index (χ4n) is 2.99. The summed E-state index contributed by atoms with van der Waals surface area (Å²) in [6.07, 6.45) is 1.14. The van der Waals surface area contributed by atoms with Crippen molar-refractivity contribution in [2.45, 2.75) is 12.5 Å². The van der Waals surface area contributed by atoms with Crippen molar-refractivity contribution in [2.75, 3.05) is 58.9 Å². The van der Waals surface area contributed by atoms with E-state index in [4.69, 9.17) is 4.74 Å². The Morgan fingerprint density at radius 1 is 1.19 bits per heavy atom. The summed E-state index contributed by atoms with van der Waals surface area (Å²) in [5.41, 5.74) is 1.11. The van der Waals surface area contributed by atoms with Crippen molar-refractivity contribution < 1.29 is 17.9 Å². The van der Waals surface area contributed by atoms with Gasteiger partial charge in [-0.15, -0.1) is 0 Å². The molecule has 26 heavy (non-hydrogen) atoms. The minimum atomic E-state index is -3.13. The molecule has 1 unspecified atom stereocenters. The van der Waals surface area contributed by atoms with Crippen LogP contribution in [0.2, 0.25) is 0 Å². The highest BCUT2D eigenvalue weighted by molar-refractivity contribution is 7.90. The Morgan fingerprint density at radius 3 is 2.35 bits per heavy atom. The number of likely N-dealkylation sites (N-methyl/N-ethyl adjacent to an activating group) is 1. The van der Waals surface area contributed by atoms with Crippen molar-refractivity contribution in [2.24, 2.45) is 0 Å². The van der Waals surface area contributed by atoms with Gasteiger partial charge in [0.2, 0.25) is 5.91 Å². The van der Waals surface area contributed by atoms with E-state index in [1.54, 1.807) is 7.11 Å². The highest BCUT2D eigenvalue weighted by Crippen LogP contribution is 2.24. The van der Waals surface area contributed by atoms with E-state index in [0.29, 0.717) is 6.54 Å². The first kappa shape index (κ1) is 20.7. The zero-order chi connectivity index (χ0) is 19.2. The van der Waals surface area contributed by atoms with E-state index in [1.807, 2.05) is 24.3 Å². The van der Waals surface area contributed by atoms with Crippen molar-refractivity contribution in [3.8, 4) is 5.75 Å². The quantitative estimate of drug-likeness (QED) is 0.706. The van der Waals surface area contributed by atoms with Gasteiger partial charge in [0.25, 0.3) is 0 Å². The fraction of sp³-hybridized carbons (Fsp3) is 0.611. The van der Waals surface area contributed by atoms with E-state index in [9.17, 15) is 13.2 Å². The van der Waals surface area contributed by atoms with Gasteiger partial charge in [-0.1, -0.05) is 12.1 Å². The van der Waals surface area contributed by atoms with Gasteiger partial charge in [0.05, 0.1) is 18.9 Å². The molecule has 1 N–H and O–H groups in total. The van der Waals surface area contributed by atoms with Crippen molar-refractivity contribution in [3.05, 3.63) is 29.8 Å². The molecule has 2 rings (SSSR count). The number of carbonyl (C=O) groups is 1. The summed E-state index contributed by atoms with van der Waals surface area (Å²) in [6, 6.07) is 7.93. The third kappa shape index (κ3) is 6.59. The zero-order valence-corrected chi connectivity index (χ0v) is 16.6. The summed E-state index contributed by atoms with van der Waals surface area (Å²) in [5.74, 6) is 0.437. The molecule has 0 aromatic heterocycles. The van der Waals surface area contributed by atoms with Crippen LogP contribution < -0.4 is 10.1 Å². The monoisotopic (exact) mass is 383 g/mol. The average Bonchev–Trinajstić information content (AvgIpc) is 2.61. The summed E-state index contributed by atoms with van der Waals surface area (Å²) in [6.45, 7) is 4.26. The Labute approximate surface area is 156 Å². The molecule has 0 bridgehead atoms. The normalized spacial score (nSPS) is 17.7. The number of hydrogen-bond acceptors (Lipinski definition) is 6. The summed E-state index contributed by atoms with van der Waals surface area (Å²) < 4.78 is 27.7. The molecule has 1 saturated heterocycles. The van der Waals surface area contributed by atoms with Crippen LogP contribution in [0.5, 0.6) is 5.75 Å². The predicted octanol–water partition coefficient (Wildman–Crippen LogP) is 0.535. The molecule has 7 nitrogen and oxygen atoms in total. The second-order valence-electron chi connectivity index (χ2n) is 6.81. The number of hydrogen-bond donors (Lipinski definition) is 1. The molecule has 1 fully saturated rings. The predicted molar refractivity (Wildman–Crippen MR) is 102 cm³/mol. The lowest BCUT2D eigenvalue weighted by atomic mass is 10.0. The van der Waals surface area contributed by atoms with E-state index in [2.05, 4.69) is 22.2 Å². The van der Waals surface area contributed by atoms with Crippen LogP contribution in [0, 0.1) is 0 Å². The minimum Gasteiger partial charge on any atom is -0.497 e. The first-order chi connectivity index (χ1) is 12.3. The Bertz CT molecular complexity index is 683. The molecule has 1 amide bonds. The topological polar surface area (TPSA) is 78.9 Å². The van der Waals surface area contributed by atoms with Gasteiger partial charge in [-0.3, -0.25) is 9.69 Å². The molecule has 8 heteroatoms. The number of piperazine rings is 1. The maximum atomic E-state index is 12.0. The Hall–Kier alpha value is -1.64. The number of nitrogens with zero attached hydrogens (tertiary/aromatic N) is 2. The van der Waals surface area contributed by atoms with Gasteiger partial charge in [-0.05, 0) is 24.7 Å². The van der Waals surface area contributed by atoms with E-state index in [1.165, 1.54) is 0 Å². The van der Waals surface area contributed by atoms with E-state index in [0.717, 1.165) is 43.7 Å². The molecule has 1 heterocycles. The molecule has 1 aliphatic heterocycles. The summed E-state index contributed by atoms with van der Waals surface area (Å²) in [7, 11) is 0.603. The molecule has 0 radical (unpaired) electrons. The van der Waals surface area contributed by atoms with Gasteiger partial charge in [-0.25, -0.2) is 8.42 Å². The Kier molecular flexibility index (Phi) is 7.43. The lowest BCUT2D eigenvalue weighted by Gasteiger charge is -2.38. The second-order valence-corrected chi connectivity index (χ2v) is 9.07. The lowest BCUT2D eigenvalue weighted by molar-refractivity contribution is -0.121. The Morgan fingerprint density at radius 2 is 1.81 bits per heavy atom. The Balaban J connectivity index is 2.03. The third-order valence-corrected chi connectivity index (χ3v) is 5.62. The number of nitrogens with one attached hydrogen (secondary N) is 1. The molecular formula is C18H29N3O4S. The highest BCUT2D eigenvalue weighted by atomic mass is 32.2. The summed E-state index contributed by atoms with van der Waals surface area (Å²) >= 11 is 0. The second kappa shape index (κ2) is 9.34. The van der Waals surface area contributed by atoms with Gasteiger partial charge >= 0.3 is 0 Å². The molecule has 1 aromatic carbocycles. The van der Waals surface area contributed by atoms with Gasteiger partial charge < -0.3 is 15.0 Å². The van der Waals surface area contributed by atoms with Crippen LogP contribution in [0.3, 0.4) is 0 Å². The molecule has 0 aliphatic carbocycles. The number of sulfone groups is 1. The smallest absolute Gasteiger partial charge is 0.221 e. The maximum Gasteiger partial charge on any atom is 0.221 e. The minimum absolute atomic E-state index is 0.00307. The number of carbonyl (C=O) groups excluding carboxylic acids is 1. The van der Waals surface area contributed by atoms with Crippen molar-refractivity contribution in [1.29, 1.82) is 0 Å². The van der Waals surface area contributed by atoms with Crippen LogP contribution in [0.1, 0.15) is 18.0 Å². The largest absolute Gasteiger partial charge is 0.497 e. The number of amides is 1. The molecular weight excluding hydrogens is 354 g/mol. The third-order valence-electron chi connectivity index (χ3n) is 4.67. The number of rotatable bonds is 8. The molecule has 0 spiro atoms. The van der Waals surface area contributed by atoms with Crippen LogP contribution in [-0.4, -0.2) is 83.0 Å². The van der Waals surface area contributed by atoms with Gasteiger partial charge in [0.1, 0.15) is 15.6 Å². The number of benzene rings is 1. The molecule has 1 aliphatic rings. The van der Waals surface area contributed by atoms with Gasteiger partial charge in [0.15, 0.2) is 0 Å². The fourth-order valence-corrected chi connectivity index (χ4v) is 3.55. The molecule has 0 saturated carbocycles. The van der Waals surface area contributed by atoms with Crippen molar-refractivity contribution in [3.63, 3.8) is 0 Å². The molecule has 146 valence electrons. The van der Waals surface area contributed by atoms with E-state index in [-0.39, 0.29) is 24.1 Å². The van der Waals surface area contributed by atoms with Crippen LogP contribution in [0.25, 0.3) is 0 Å². The van der Waals surface area contributed by atoms with Crippen molar-refractivity contribution in [1.82, 2.24) is 15.1 Å². The lowest BCUT2D eigenvalue weighted by Crippen LogP contribution is -2.48. The zero-order valence-electron chi connectivity index (χ0n) is 15.8. The highest BCUT2D eigenvalue weighted by Gasteiger charge is 2.24. The summed E-state index contributed by atoms with van der Waals surface area (Å²) in [5, 5.41) is 2.90. The molecule has 1 aromatic rings. The van der Waals surface area contributed by atoms with Gasteiger partial charge in [-0.2, -0.15) is 0 Å². The van der Waals surface area contributed by atoms with Gasteiger partial charge in [0, 0.05) is 45.4 Å². The molecule has 1 atom stereocenters. The first-order valence-electron chi connectivity index (χ1n) is 8.79. The maximum absolute atomic E-state index is 12.0. The van der Waals surface area contributed by atoms with E-state index < -0.39 is 9.84 Å². The standard InChI is InChI=1S/C18H29N3O4S/c1-20-9-11-21(12-10-20)17(15-4-6-16(25-2)7-5-15)14-19-18(22)8-13-26(3,23)24/h4-7,17H,8-14H2,1-3H3,(H,19,22). The average molecular weight is 384 g/mol. The van der Waals surface area contributed by atoms with E-state index >= 15 is 0 Å². The van der Waals surface area contributed by atoms with Crippen LogP contribution in [-0.2, 0) is 14.6 Å². The number of methoxy groups -OCH3 is 1. The van der Waals surface area contributed by atoms with Crippen LogP contribution >= 0.6 is 0 Å². The SMILES string of the molecule is COc1ccc(C(CNC(=O)CCS(C)(=O)=O)N2CCN(C)CC2)cc1. The number of ether oxygens (including phenoxy) is 1. The van der Waals surface area contributed by atoms with Crippen LogP contribution in [0.4, 0.5) is 0 Å².